The van der Waals surface area contributed by atoms with Crippen LogP contribution in [0.5, 0.6) is 0 Å². The number of H-pyrrole nitrogens is 1. The molecule has 1 unspecified atom stereocenters. The highest BCUT2D eigenvalue weighted by Crippen LogP contribution is 2.36. The van der Waals surface area contributed by atoms with Crippen molar-refractivity contribution in [1.29, 1.82) is 0 Å². The molecule has 0 amide bonds. The zero-order valence-corrected chi connectivity index (χ0v) is 23.7. The molecule has 3 N–H and O–H groups in total. The zero-order valence-electron chi connectivity index (χ0n) is 20.0. The summed E-state index contributed by atoms with van der Waals surface area (Å²) in [5, 5.41) is 15.2. The molecular weight excluding hydrogens is 591 g/mol. The SMILES string of the molecule is OCC(C1CCN(C(=S)Nc2ccc(Cl)c(I)c2)CC1)N1CCC(c2c[nH]c3c2CCC=C3)CC1. The Hall–Kier alpha value is -1.13. The molecule has 2 aromatic rings. The van der Waals surface area contributed by atoms with Crippen LogP contribution in [0, 0.1) is 9.49 Å². The Balaban J connectivity index is 1.12. The highest BCUT2D eigenvalue weighted by atomic mass is 127. The smallest absolute Gasteiger partial charge is 0.173 e. The number of allylic oxidation sites excluding steroid dienone is 1. The molecular formula is C27H34ClIN4OS. The number of nitrogens with one attached hydrogen (secondary N) is 2. The lowest BCUT2D eigenvalue weighted by molar-refractivity contribution is 0.0419. The van der Waals surface area contributed by atoms with Crippen molar-refractivity contribution in [3.8, 4) is 0 Å². The van der Waals surface area contributed by atoms with Crippen molar-refractivity contribution < 1.29 is 5.11 Å². The molecule has 35 heavy (non-hydrogen) atoms. The van der Waals surface area contributed by atoms with E-state index in [9.17, 15) is 5.11 Å². The molecule has 0 spiro atoms. The number of rotatable bonds is 5. The maximum absolute atomic E-state index is 10.3. The standard InChI is InChI=1S/C27H34ClIN4OS/c28-23-6-5-20(15-24(23)29)31-27(35)33-13-9-19(10-14-33)26(17-34)32-11-7-18(8-12-32)22-16-30-25-4-2-1-3-21(22)25/h2,4-6,15-16,18-19,26,30,34H,1,3,7-14,17H2,(H,31,35). The van der Waals surface area contributed by atoms with Gasteiger partial charge in [-0.2, -0.15) is 0 Å². The molecule has 5 nitrogen and oxygen atoms in total. The van der Waals surface area contributed by atoms with Gasteiger partial charge in [-0.15, -0.1) is 0 Å². The monoisotopic (exact) mass is 624 g/mol. The Morgan fingerprint density at radius 1 is 1.20 bits per heavy atom. The molecule has 1 aliphatic carbocycles. The topological polar surface area (TPSA) is 54.5 Å². The Kier molecular flexibility index (Phi) is 8.39. The van der Waals surface area contributed by atoms with Crippen molar-refractivity contribution in [3.63, 3.8) is 0 Å². The average Bonchev–Trinajstić information content (AvgIpc) is 3.32. The molecule has 0 bridgehead atoms. The first-order valence-corrected chi connectivity index (χ1v) is 14.6. The van der Waals surface area contributed by atoms with Crippen LogP contribution in [0.25, 0.3) is 6.08 Å². The summed E-state index contributed by atoms with van der Waals surface area (Å²) in [6.07, 6.45) is 13.5. The lowest BCUT2D eigenvalue weighted by atomic mass is 9.83. The van der Waals surface area contributed by atoms with E-state index in [-0.39, 0.29) is 12.6 Å². The molecule has 5 rings (SSSR count). The van der Waals surface area contributed by atoms with E-state index >= 15 is 0 Å². The molecule has 1 aromatic heterocycles. The summed E-state index contributed by atoms with van der Waals surface area (Å²) >= 11 is 14.1. The van der Waals surface area contributed by atoms with Gasteiger partial charge in [0.05, 0.1) is 11.6 Å². The van der Waals surface area contributed by atoms with Crippen LogP contribution < -0.4 is 5.32 Å². The number of fused-ring (bicyclic) bond motifs is 1. The second kappa shape index (κ2) is 11.5. The Morgan fingerprint density at radius 3 is 2.69 bits per heavy atom. The second-order valence-corrected chi connectivity index (χ2v) is 12.0. The largest absolute Gasteiger partial charge is 0.395 e. The van der Waals surface area contributed by atoms with Gasteiger partial charge in [-0.3, -0.25) is 4.90 Å². The van der Waals surface area contributed by atoms with Crippen molar-refractivity contribution in [2.24, 2.45) is 5.92 Å². The van der Waals surface area contributed by atoms with Crippen LogP contribution in [0.1, 0.15) is 54.8 Å². The third-order valence-electron chi connectivity index (χ3n) is 8.07. The summed E-state index contributed by atoms with van der Waals surface area (Å²) < 4.78 is 1.01. The van der Waals surface area contributed by atoms with Crippen LogP contribution in [-0.2, 0) is 6.42 Å². The number of hydrogen-bond donors (Lipinski definition) is 3. The zero-order chi connectivity index (χ0) is 24.4. The third-order valence-corrected chi connectivity index (χ3v) is 9.97. The highest BCUT2D eigenvalue weighted by Gasteiger charge is 2.34. The number of likely N-dealkylation sites (tertiary alicyclic amines) is 2. The number of aromatic nitrogens is 1. The van der Waals surface area contributed by atoms with Crippen LogP contribution in [-0.4, -0.2) is 63.8 Å². The molecule has 1 atom stereocenters. The van der Waals surface area contributed by atoms with Crippen LogP contribution in [0.3, 0.4) is 0 Å². The fourth-order valence-corrected chi connectivity index (χ4v) is 7.01. The number of thiocarbonyl (C=S) groups is 1. The Bertz CT molecular complexity index is 1070. The summed E-state index contributed by atoms with van der Waals surface area (Å²) in [7, 11) is 0. The van der Waals surface area contributed by atoms with E-state index in [1.807, 2.05) is 18.2 Å². The Morgan fingerprint density at radius 2 is 1.97 bits per heavy atom. The minimum atomic E-state index is 0.242. The highest BCUT2D eigenvalue weighted by molar-refractivity contribution is 14.1. The van der Waals surface area contributed by atoms with E-state index in [4.69, 9.17) is 23.8 Å². The molecule has 8 heteroatoms. The summed E-state index contributed by atoms with van der Waals surface area (Å²) in [6.45, 7) is 4.24. The van der Waals surface area contributed by atoms with Gasteiger partial charge in [-0.1, -0.05) is 17.7 Å². The van der Waals surface area contributed by atoms with Crippen LogP contribution >= 0.6 is 46.4 Å². The van der Waals surface area contributed by atoms with Gasteiger partial charge in [0.25, 0.3) is 0 Å². The minimum Gasteiger partial charge on any atom is -0.395 e. The van der Waals surface area contributed by atoms with Crippen molar-refractivity contribution in [2.75, 3.05) is 38.1 Å². The first-order chi connectivity index (χ1) is 17.0. The van der Waals surface area contributed by atoms with E-state index in [2.05, 4.69) is 61.0 Å². The number of piperidine rings is 2. The molecule has 2 fully saturated rings. The van der Waals surface area contributed by atoms with Gasteiger partial charge in [-0.05, 0) is 134 Å². The summed E-state index contributed by atoms with van der Waals surface area (Å²) in [5.41, 5.74) is 5.36. The number of aromatic amines is 1. The van der Waals surface area contributed by atoms with Crippen LogP contribution in [0.4, 0.5) is 5.69 Å². The molecule has 1 aromatic carbocycles. The number of benzene rings is 1. The first-order valence-electron chi connectivity index (χ1n) is 12.8. The minimum absolute atomic E-state index is 0.242. The van der Waals surface area contributed by atoms with E-state index in [0.29, 0.717) is 11.8 Å². The van der Waals surface area contributed by atoms with Crippen LogP contribution in [0.2, 0.25) is 5.02 Å². The summed E-state index contributed by atoms with van der Waals surface area (Å²) in [4.78, 5) is 8.31. The van der Waals surface area contributed by atoms with Gasteiger partial charge in [0.2, 0.25) is 0 Å². The van der Waals surface area contributed by atoms with Gasteiger partial charge in [0.1, 0.15) is 0 Å². The van der Waals surface area contributed by atoms with Gasteiger partial charge in [0.15, 0.2) is 5.11 Å². The maximum atomic E-state index is 10.3. The molecule has 2 aliphatic heterocycles. The van der Waals surface area contributed by atoms with Gasteiger partial charge < -0.3 is 20.3 Å². The number of aliphatic hydroxyl groups is 1. The van der Waals surface area contributed by atoms with Gasteiger partial charge >= 0.3 is 0 Å². The predicted molar refractivity (Wildman–Crippen MR) is 157 cm³/mol. The van der Waals surface area contributed by atoms with Gasteiger partial charge in [-0.25, -0.2) is 0 Å². The number of hydrogen-bond acceptors (Lipinski definition) is 3. The third kappa shape index (κ3) is 5.74. The number of aliphatic hydroxyl groups excluding tert-OH is 1. The molecule has 0 radical (unpaired) electrons. The van der Waals surface area contributed by atoms with E-state index in [1.165, 1.54) is 29.7 Å². The first kappa shape index (κ1) is 25.5. The summed E-state index contributed by atoms with van der Waals surface area (Å²) in [5.74, 6) is 1.15. The Labute approximate surface area is 232 Å². The lowest BCUT2D eigenvalue weighted by Crippen LogP contribution is -2.51. The molecule has 3 aliphatic rings. The van der Waals surface area contributed by atoms with Crippen molar-refractivity contribution in [1.82, 2.24) is 14.8 Å². The predicted octanol–water partition coefficient (Wildman–Crippen LogP) is 5.88. The normalized spacial score (nSPS) is 20.6. The average molecular weight is 625 g/mol. The summed E-state index contributed by atoms with van der Waals surface area (Å²) in [6, 6.07) is 6.14. The van der Waals surface area contributed by atoms with Crippen molar-refractivity contribution in [3.05, 3.63) is 55.9 Å². The van der Waals surface area contributed by atoms with Gasteiger partial charge in [0, 0.05) is 40.3 Å². The fraction of sp³-hybridized carbons (Fsp3) is 0.519. The van der Waals surface area contributed by atoms with Crippen molar-refractivity contribution >= 4 is 63.3 Å². The number of anilines is 1. The fourth-order valence-electron chi connectivity index (χ4n) is 6.07. The number of halogens is 2. The molecule has 0 saturated carbocycles. The van der Waals surface area contributed by atoms with E-state index < -0.39 is 0 Å². The van der Waals surface area contributed by atoms with Crippen molar-refractivity contribution in [2.45, 2.75) is 50.5 Å². The maximum Gasteiger partial charge on any atom is 0.173 e. The molecule has 188 valence electrons. The molecule has 3 heterocycles. The van der Waals surface area contributed by atoms with Crippen LogP contribution in [0.15, 0.2) is 30.5 Å². The number of nitrogens with zero attached hydrogens (tertiary/aromatic N) is 2. The van der Waals surface area contributed by atoms with E-state index in [0.717, 1.165) is 71.3 Å². The quantitative estimate of drug-likeness (QED) is 0.287. The van der Waals surface area contributed by atoms with E-state index in [1.54, 1.807) is 0 Å². The lowest BCUT2D eigenvalue weighted by Gasteiger charge is -2.43. The second-order valence-electron chi connectivity index (χ2n) is 10.0. The molecule has 2 saturated heterocycles.